The number of carbonyl (C=O) groups excluding carboxylic acids is 1. The monoisotopic (exact) mass is 251 g/mol. The summed E-state index contributed by atoms with van der Waals surface area (Å²) in [4.78, 5) is 11.9. The van der Waals surface area contributed by atoms with E-state index < -0.39 is 0 Å². The maximum atomic E-state index is 11.9. The molecule has 1 aromatic rings. The summed E-state index contributed by atoms with van der Waals surface area (Å²) in [6, 6.07) is 0. The second kappa shape index (κ2) is 5.52. The fraction of sp³-hybridized carbons (Fsp3) is 0.692. The number of nitrogens with one attached hydrogen (secondary N) is 2. The molecule has 1 heterocycles. The number of hydrogen-bond acceptors (Lipinski definition) is 3. The Labute approximate surface area is 107 Å². The van der Waals surface area contributed by atoms with Crippen LogP contribution < -0.4 is 5.32 Å². The predicted molar refractivity (Wildman–Crippen MR) is 69.4 cm³/mol. The molecule has 1 fully saturated rings. The van der Waals surface area contributed by atoms with Crippen LogP contribution in [0.4, 0.5) is 5.69 Å². The number of amides is 1. The molecule has 100 valence electrons. The van der Waals surface area contributed by atoms with Crippen LogP contribution in [0.1, 0.15) is 37.6 Å². The molecule has 1 aromatic heterocycles. The zero-order chi connectivity index (χ0) is 13.1. The van der Waals surface area contributed by atoms with E-state index in [1.54, 1.807) is 0 Å². The van der Waals surface area contributed by atoms with Crippen LogP contribution in [-0.4, -0.2) is 28.8 Å². The van der Waals surface area contributed by atoms with Gasteiger partial charge in [0.15, 0.2) is 0 Å². The van der Waals surface area contributed by atoms with Crippen molar-refractivity contribution in [2.24, 2.45) is 5.92 Å². The van der Waals surface area contributed by atoms with Gasteiger partial charge < -0.3 is 10.1 Å². The number of aryl methyl sites for hydroxylation is 2. The van der Waals surface area contributed by atoms with E-state index >= 15 is 0 Å². The molecule has 1 aliphatic carbocycles. The summed E-state index contributed by atoms with van der Waals surface area (Å²) in [5.41, 5.74) is 2.56. The Balaban J connectivity index is 1.77. The summed E-state index contributed by atoms with van der Waals surface area (Å²) in [6.45, 7) is 6.55. The number of rotatable bonds is 5. The van der Waals surface area contributed by atoms with Crippen LogP contribution >= 0.6 is 0 Å². The molecule has 0 unspecified atom stereocenters. The first-order valence-electron chi connectivity index (χ1n) is 6.53. The second-order valence-electron chi connectivity index (χ2n) is 4.98. The highest BCUT2D eigenvalue weighted by Crippen LogP contribution is 2.33. The van der Waals surface area contributed by atoms with Crippen molar-refractivity contribution in [3.8, 4) is 0 Å². The number of aromatic amines is 1. The van der Waals surface area contributed by atoms with Gasteiger partial charge in [-0.3, -0.25) is 9.89 Å². The lowest BCUT2D eigenvalue weighted by Crippen LogP contribution is -2.34. The Bertz CT molecular complexity index is 402. The standard InChI is InChI=1S/C13H21N3O2/c1-4-18-11-5-10(6-11)7-12(17)14-13-8(2)15-16-9(13)3/h10-11H,4-7H2,1-3H3,(H,14,17)(H,15,16). The summed E-state index contributed by atoms with van der Waals surface area (Å²) in [6.07, 6.45) is 2.95. The zero-order valence-corrected chi connectivity index (χ0v) is 11.2. The van der Waals surface area contributed by atoms with Gasteiger partial charge in [0.05, 0.1) is 23.2 Å². The lowest BCUT2D eigenvalue weighted by Gasteiger charge is -2.34. The van der Waals surface area contributed by atoms with Crippen LogP contribution in [0.2, 0.25) is 0 Å². The summed E-state index contributed by atoms with van der Waals surface area (Å²) < 4.78 is 5.49. The zero-order valence-electron chi connectivity index (χ0n) is 11.2. The van der Waals surface area contributed by atoms with Gasteiger partial charge in [-0.2, -0.15) is 5.10 Å². The number of anilines is 1. The molecule has 0 aliphatic heterocycles. The molecule has 2 rings (SSSR count). The average molecular weight is 251 g/mol. The van der Waals surface area contributed by atoms with Crippen LogP contribution in [0.25, 0.3) is 0 Å². The van der Waals surface area contributed by atoms with Crippen LogP contribution in [0.3, 0.4) is 0 Å². The van der Waals surface area contributed by atoms with E-state index in [-0.39, 0.29) is 5.91 Å². The number of hydrogen-bond donors (Lipinski definition) is 2. The first kappa shape index (κ1) is 13.1. The number of nitrogens with zero attached hydrogens (tertiary/aromatic N) is 1. The summed E-state index contributed by atoms with van der Waals surface area (Å²) in [5.74, 6) is 0.539. The summed E-state index contributed by atoms with van der Waals surface area (Å²) >= 11 is 0. The van der Waals surface area contributed by atoms with Crippen molar-refractivity contribution in [3.05, 3.63) is 11.4 Å². The van der Waals surface area contributed by atoms with Crippen molar-refractivity contribution in [2.75, 3.05) is 11.9 Å². The highest BCUT2D eigenvalue weighted by molar-refractivity contribution is 5.92. The van der Waals surface area contributed by atoms with Crippen LogP contribution in [0, 0.1) is 19.8 Å². The maximum Gasteiger partial charge on any atom is 0.224 e. The largest absolute Gasteiger partial charge is 0.378 e. The highest BCUT2D eigenvalue weighted by Gasteiger charge is 2.31. The van der Waals surface area contributed by atoms with E-state index in [1.165, 1.54) is 0 Å². The van der Waals surface area contributed by atoms with E-state index in [1.807, 2.05) is 20.8 Å². The molecule has 2 N–H and O–H groups in total. The topological polar surface area (TPSA) is 67.0 Å². The molecular weight excluding hydrogens is 230 g/mol. The predicted octanol–water partition coefficient (Wildman–Crippen LogP) is 2.17. The van der Waals surface area contributed by atoms with Gasteiger partial charge >= 0.3 is 0 Å². The van der Waals surface area contributed by atoms with E-state index in [9.17, 15) is 4.79 Å². The number of H-pyrrole nitrogens is 1. The van der Waals surface area contributed by atoms with Crippen molar-refractivity contribution in [1.29, 1.82) is 0 Å². The van der Waals surface area contributed by atoms with Gasteiger partial charge in [0, 0.05) is 13.0 Å². The molecule has 0 saturated heterocycles. The molecule has 0 bridgehead atoms. The van der Waals surface area contributed by atoms with Gasteiger partial charge in [0.1, 0.15) is 0 Å². The molecule has 0 spiro atoms. The van der Waals surface area contributed by atoms with Gasteiger partial charge in [-0.05, 0) is 39.5 Å². The van der Waals surface area contributed by atoms with Gasteiger partial charge in [0.2, 0.25) is 5.91 Å². The van der Waals surface area contributed by atoms with Crippen molar-refractivity contribution in [3.63, 3.8) is 0 Å². The fourth-order valence-electron chi connectivity index (χ4n) is 2.40. The molecular formula is C13H21N3O2. The highest BCUT2D eigenvalue weighted by atomic mass is 16.5. The minimum atomic E-state index is 0.0718. The summed E-state index contributed by atoms with van der Waals surface area (Å²) in [7, 11) is 0. The molecule has 0 radical (unpaired) electrons. The van der Waals surface area contributed by atoms with E-state index in [0.29, 0.717) is 18.4 Å². The van der Waals surface area contributed by atoms with Gasteiger partial charge in [-0.25, -0.2) is 0 Å². The Morgan fingerprint density at radius 1 is 1.50 bits per heavy atom. The Kier molecular flexibility index (Phi) is 4.01. The number of aromatic nitrogens is 2. The third kappa shape index (κ3) is 2.90. The van der Waals surface area contributed by atoms with Gasteiger partial charge in [-0.15, -0.1) is 0 Å². The molecule has 5 heteroatoms. The maximum absolute atomic E-state index is 11.9. The van der Waals surface area contributed by atoms with Crippen LogP contribution in [-0.2, 0) is 9.53 Å². The van der Waals surface area contributed by atoms with E-state index in [2.05, 4.69) is 15.5 Å². The van der Waals surface area contributed by atoms with Gasteiger partial charge in [-0.1, -0.05) is 0 Å². The third-order valence-corrected chi connectivity index (χ3v) is 3.46. The molecule has 1 amide bonds. The lowest BCUT2D eigenvalue weighted by molar-refractivity contribution is -0.119. The number of ether oxygens (including phenoxy) is 1. The fourth-order valence-corrected chi connectivity index (χ4v) is 2.40. The first-order valence-corrected chi connectivity index (χ1v) is 6.53. The Morgan fingerprint density at radius 3 is 2.78 bits per heavy atom. The SMILES string of the molecule is CCOC1CC(CC(=O)Nc2c(C)n[nH]c2C)C1. The Morgan fingerprint density at radius 2 is 2.22 bits per heavy atom. The molecule has 1 aliphatic rings. The summed E-state index contributed by atoms with van der Waals surface area (Å²) in [5, 5.41) is 9.85. The Hall–Kier alpha value is -1.36. The van der Waals surface area contributed by atoms with E-state index in [0.717, 1.165) is 36.5 Å². The first-order chi connectivity index (χ1) is 8.60. The van der Waals surface area contributed by atoms with Crippen LogP contribution in [0.15, 0.2) is 0 Å². The average Bonchev–Trinajstić information content (AvgIpc) is 2.58. The molecule has 1 saturated carbocycles. The smallest absolute Gasteiger partial charge is 0.224 e. The van der Waals surface area contributed by atoms with Crippen molar-refractivity contribution in [2.45, 2.75) is 46.1 Å². The van der Waals surface area contributed by atoms with Crippen molar-refractivity contribution in [1.82, 2.24) is 10.2 Å². The molecule has 5 nitrogen and oxygen atoms in total. The minimum absolute atomic E-state index is 0.0718. The van der Waals surface area contributed by atoms with Crippen molar-refractivity contribution < 1.29 is 9.53 Å². The second-order valence-corrected chi connectivity index (χ2v) is 4.98. The number of carbonyl (C=O) groups is 1. The van der Waals surface area contributed by atoms with Crippen LogP contribution in [0.5, 0.6) is 0 Å². The van der Waals surface area contributed by atoms with E-state index in [4.69, 9.17) is 4.74 Å². The lowest BCUT2D eigenvalue weighted by atomic mass is 9.80. The molecule has 0 atom stereocenters. The third-order valence-electron chi connectivity index (χ3n) is 3.46. The molecule has 0 aromatic carbocycles. The van der Waals surface area contributed by atoms with Crippen molar-refractivity contribution >= 4 is 11.6 Å². The minimum Gasteiger partial charge on any atom is -0.378 e. The normalized spacial score (nSPS) is 22.6. The molecule has 18 heavy (non-hydrogen) atoms. The van der Waals surface area contributed by atoms with Gasteiger partial charge in [0.25, 0.3) is 0 Å². The quantitative estimate of drug-likeness (QED) is 0.842.